The molecule has 2 aromatic rings. The molecular weight excluding hydrogens is 346 g/mol. The molecule has 0 aliphatic carbocycles. The van der Waals surface area contributed by atoms with E-state index in [9.17, 15) is 9.59 Å². The molecular formula is C16H14BrN3O2. The summed E-state index contributed by atoms with van der Waals surface area (Å²) in [7, 11) is 0. The van der Waals surface area contributed by atoms with Gasteiger partial charge in [-0.2, -0.15) is 0 Å². The van der Waals surface area contributed by atoms with Gasteiger partial charge in [0.2, 0.25) is 5.91 Å². The minimum absolute atomic E-state index is 0.0778. The topological polar surface area (TPSA) is 65.2 Å². The van der Waals surface area contributed by atoms with Crippen LogP contribution in [0.15, 0.2) is 34.6 Å². The summed E-state index contributed by atoms with van der Waals surface area (Å²) in [5, 5.41) is 3.77. The number of fused-ring (bicyclic) bond motifs is 2. The van der Waals surface area contributed by atoms with Crippen LogP contribution in [0.3, 0.4) is 0 Å². The summed E-state index contributed by atoms with van der Waals surface area (Å²) in [6, 6.07) is 5.63. The van der Waals surface area contributed by atoms with E-state index in [0.717, 1.165) is 33.8 Å². The van der Waals surface area contributed by atoms with E-state index in [1.54, 1.807) is 11.0 Å². The van der Waals surface area contributed by atoms with Gasteiger partial charge in [0.1, 0.15) is 11.7 Å². The maximum atomic E-state index is 12.5. The lowest BCUT2D eigenvalue weighted by Gasteiger charge is -2.30. The molecule has 6 heteroatoms. The first-order chi connectivity index (χ1) is 10.6. The van der Waals surface area contributed by atoms with E-state index in [1.807, 2.05) is 24.4 Å². The summed E-state index contributed by atoms with van der Waals surface area (Å²) >= 11 is 3.44. The number of benzene rings is 1. The third-order valence-electron chi connectivity index (χ3n) is 4.28. The van der Waals surface area contributed by atoms with E-state index < -0.39 is 0 Å². The van der Waals surface area contributed by atoms with Crippen molar-refractivity contribution >= 4 is 44.7 Å². The maximum Gasteiger partial charge on any atom is 0.271 e. The van der Waals surface area contributed by atoms with Crippen molar-refractivity contribution in [2.75, 3.05) is 6.54 Å². The SMILES string of the molecule is O=C1N/C(=C\c2c[nH]c3cc(Br)ccc23)C(=O)N2CCCC12. The van der Waals surface area contributed by atoms with Gasteiger partial charge in [0, 0.05) is 33.7 Å². The Morgan fingerprint density at radius 2 is 2.18 bits per heavy atom. The Kier molecular flexibility index (Phi) is 3.07. The van der Waals surface area contributed by atoms with Gasteiger partial charge in [-0.3, -0.25) is 9.59 Å². The highest BCUT2D eigenvalue weighted by Crippen LogP contribution is 2.27. The highest BCUT2D eigenvalue weighted by atomic mass is 79.9. The predicted octanol–water partition coefficient (Wildman–Crippen LogP) is 2.39. The molecule has 4 rings (SSSR count). The average molecular weight is 360 g/mol. The zero-order valence-corrected chi connectivity index (χ0v) is 13.3. The lowest BCUT2D eigenvalue weighted by atomic mass is 10.1. The first kappa shape index (κ1) is 13.6. The van der Waals surface area contributed by atoms with Crippen molar-refractivity contribution in [2.45, 2.75) is 18.9 Å². The summed E-state index contributed by atoms with van der Waals surface area (Å²) in [6.45, 7) is 0.662. The van der Waals surface area contributed by atoms with Gasteiger partial charge in [0.05, 0.1) is 0 Å². The normalized spacial score (nSPS) is 23.2. The molecule has 1 aromatic carbocycles. The minimum atomic E-state index is -0.288. The molecule has 0 bridgehead atoms. The number of hydrogen-bond donors (Lipinski definition) is 2. The summed E-state index contributed by atoms with van der Waals surface area (Å²) in [4.78, 5) is 29.5. The maximum absolute atomic E-state index is 12.5. The Bertz CT molecular complexity index is 824. The van der Waals surface area contributed by atoms with Crippen LogP contribution in [0.5, 0.6) is 0 Å². The van der Waals surface area contributed by atoms with Crippen LogP contribution in [-0.2, 0) is 9.59 Å². The smallest absolute Gasteiger partial charge is 0.271 e. The van der Waals surface area contributed by atoms with E-state index in [0.29, 0.717) is 12.2 Å². The Morgan fingerprint density at radius 1 is 1.32 bits per heavy atom. The van der Waals surface area contributed by atoms with E-state index in [-0.39, 0.29) is 17.9 Å². The fourth-order valence-corrected chi connectivity index (χ4v) is 3.56. The number of nitrogens with zero attached hydrogens (tertiary/aromatic N) is 1. The van der Waals surface area contributed by atoms with Crippen LogP contribution in [-0.4, -0.2) is 34.3 Å². The van der Waals surface area contributed by atoms with Crippen molar-refractivity contribution in [1.82, 2.24) is 15.2 Å². The predicted molar refractivity (Wildman–Crippen MR) is 86.9 cm³/mol. The van der Waals surface area contributed by atoms with Crippen LogP contribution in [0.2, 0.25) is 0 Å². The van der Waals surface area contributed by atoms with Gasteiger partial charge in [0.25, 0.3) is 5.91 Å². The first-order valence-corrected chi connectivity index (χ1v) is 8.03. The molecule has 2 saturated heterocycles. The van der Waals surface area contributed by atoms with Gasteiger partial charge in [-0.05, 0) is 31.1 Å². The largest absolute Gasteiger partial charge is 0.361 e. The molecule has 112 valence electrons. The van der Waals surface area contributed by atoms with Crippen LogP contribution in [0.1, 0.15) is 18.4 Å². The second kappa shape index (κ2) is 4.98. The minimum Gasteiger partial charge on any atom is -0.361 e. The Morgan fingerprint density at radius 3 is 3.05 bits per heavy atom. The number of aromatic amines is 1. The van der Waals surface area contributed by atoms with Gasteiger partial charge in [0.15, 0.2) is 0 Å². The molecule has 1 aromatic heterocycles. The quantitative estimate of drug-likeness (QED) is 0.767. The standard InChI is InChI=1S/C16H14BrN3O2/c17-10-3-4-11-9(8-18-12(11)7-10)6-13-16(22)20-5-1-2-14(20)15(21)19-13/h3-4,6-8,14,18H,1-2,5H2,(H,19,21)/b13-6-. The van der Waals surface area contributed by atoms with Gasteiger partial charge in [-0.1, -0.05) is 22.0 Å². The first-order valence-electron chi connectivity index (χ1n) is 7.23. The molecule has 1 atom stereocenters. The number of amides is 2. The van der Waals surface area contributed by atoms with Gasteiger partial charge in [-0.15, -0.1) is 0 Å². The second-order valence-electron chi connectivity index (χ2n) is 5.64. The van der Waals surface area contributed by atoms with E-state index in [2.05, 4.69) is 26.2 Å². The number of carbonyl (C=O) groups excluding carboxylic acids is 2. The summed E-state index contributed by atoms with van der Waals surface area (Å²) in [6.07, 6.45) is 5.24. The van der Waals surface area contributed by atoms with Crippen LogP contribution >= 0.6 is 15.9 Å². The number of piperazine rings is 1. The van der Waals surface area contributed by atoms with Crippen LogP contribution in [0.25, 0.3) is 17.0 Å². The monoisotopic (exact) mass is 359 g/mol. The molecule has 2 fully saturated rings. The Balaban J connectivity index is 1.74. The highest BCUT2D eigenvalue weighted by molar-refractivity contribution is 9.10. The fourth-order valence-electron chi connectivity index (χ4n) is 3.20. The lowest BCUT2D eigenvalue weighted by molar-refractivity contribution is -0.140. The number of aromatic nitrogens is 1. The van der Waals surface area contributed by atoms with Crippen LogP contribution < -0.4 is 5.32 Å². The molecule has 5 nitrogen and oxygen atoms in total. The number of hydrogen-bond acceptors (Lipinski definition) is 2. The average Bonchev–Trinajstić information content (AvgIpc) is 3.12. The van der Waals surface area contributed by atoms with Crippen LogP contribution in [0, 0.1) is 0 Å². The number of rotatable bonds is 1. The zero-order chi connectivity index (χ0) is 15.3. The van der Waals surface area contributed by atoms with Crippen molar-refractivity contribution in [3.63, 3.8) is 0 Å². The number of halogens is 1. The van der Waals surface area contributed by atoms with Gasteiger partial charge in [-0.25, -0.2) is 0 Å². The van der Waals surface area contributed by atoms with Crippen molar-refractivity contribution in [1.29, 1.82) is 0 Å². The van der Waals surface area contributed by atoms with Gasteiger partial charge >= 0.3 is 0 Å². The molecule has 0 radical (unpaired) electrons. The summed E-state index contributed by atoms with van der Waals surface area (Å²) < 4.78 is 0.989. The third-order valence-corrected chi connectivity index (χ3v) is 4.77. The van der Waals surface area contributed by atoms with Crippen molar-refractivity contribution in [3.05, 3.63) is 40.1 Å². The second-order valence-corrected chi connectivity index (χ2v) is 6.55. The molecule has 2 N–H and O–H groups in total. The van der Waals surface area contributed by atoms with Crippen LogP contribution in [0.4, 0.5) is 0 Å². The molecule has 22 heavy (non-hydrogen) atoms. The molecule has 0 saturated carbocycles. The highest BCUT2D eigenvalue weighted by Gasteiger charge is 2.40. The summed E-state index contributed by atoms with van der Waals surface area (Å²) in [5.74, 6) is -0.167. The van der Waals surface area contributed by atoms with Crippen molar-refractivity contribution < 1.29 is 9.59 Å². The van der Waals surface area contributed by atoms with E-state index >= 15 is 0 Å². The molecule has 1 unspecified atom stereocenters. The summed E-state index contributed by atoms with van der Waals surface area (Å²) in [5.41, 5.74) is 2.23. The van der Waals surface area contributed by atoms with E-state index in [1.165, 1.54) is 0 Å². The fraction of sp³-hybridized carbons (Fsp3) is 0.250. The zero-order valence-electron chi connectivity index (χ0n) is 11.7. The van der Waals surface area contributed by atoms with Crippen molar-refractivity contribution in [3.8, 4) is 0 Å². The third kappa shape index (κ3) is 2.06. The molecule has 2 aliphatic heterocycles. The number of nitrogens with one attached hydrogen (secondary N) is 2. The molecule has 3 heterocycles. The number of carbonyl (C=O) groups is 2. The molecule has 2 aliphatic rings. The lowest BCUT2D eigenvalue weighted by Crippen LogP contribution is -2.53. The molecule has 0 spiro atoms. The Hall–Kier alpha value is -2.08. The number of H-pyrrole nitrogens is 1. The van der Waals surface area contributed by atoms with E-state index in [4.69, 9.17) is 0 Å². The van der Waals surface area contributed by atoms with Crippen molar-refractivity contribution in [2.24, 2.45) is 0 Å². The van der Waals surface area contributed by atoms with Gasteiger partial charge < -0.3 is 15.2 Å². The molecule has 2 amide bonds. The Labute approximate surface area is 135 Å².